The molecule has 0 bridgehead atoms. The summed E-state index contributed by atoms with van der Waals surface area (Å²) in [4.78, 5) is 11.9. The quantitative estimate of drug-likeness (QED) is 0.839. The molecule has 2 aromatic carbocycles. The highest BCUT2D eigenvalue weighted by molar-refractivity contribution is 6.17. The molecule has 0 spiro atoms. The van der Waals surface area contributed by atoms with E-state index < -0.39 is 0 Å². The summed E-state index contributed by atoms with van der Waals surface area (Å²) in [7, 11) is 0. The number of alkyl halides is 1. The van der Waals surface area contributed by atoms with Gasteiger partial charge in [-0.15, -0.1) is 11.6 Å². The molecule has 104 valence electrons. The molecule has 2 rings (SSSR count). The summed E-state index contributed by atoms with van der Waals surface area (Å²) in [5.74, 6) is 0.0367. The fourth-order valence-electron chi connectivity index (χ4n) is 1.86. The van der Waals surface area contributed by atoms with Crippen molar-refractivity contribution in [2.75, 3.05) is 6.54 Å². The van der Waals surface area contributed by atoms with Crippen LogP contribution >= 0.6 is 11.6 Å². The van der Waals surface area contributed by atoms with Crippen LogP contribution in [0.3, 0.4) is 0 Å². The highest BCUT2D eigenvalue weighted by atomic mass is 35.5. The number of carbonyl (C=O) groups excluding carboxylic acids is 1. The van der Waals surface area contributed by atoms with E-state index in [1.165, 1.54) is 12.1 Å². The van der Waals surface area contributed by atoms with Crippen molar-refractivity contribution in [2.24, 2.45) is 0 Å². The molecular formula is C16H15ClFNO. The van der Waals surface area contributed by atoms with Crippen LogP contribution < -0.4 is 5.32 Å². The highest BCUT2D eigenvalue weighted by Gasteiger charge is 2.04. The monoisotopic (exact) mass is 291 g/mol. The Morgan fingerprint density at radius 2 is 1.85 bits per heavy atom. The van der Waals surface area contributed by atoms with Crippen molar-refractivity contribution in [3.63, 3.8) is 0 Å². The molecule has 1 N–H and O–H groups in total. The molecule has 1 amide bonds. The van der Waals surface area contributed by atoms with E-state index in [-0.39, 0.29) is 11.7 Å². The molecule has 0 aromatic heterocycles. The maximum absolute atomic E-state index is 13.0. The van der Waals surface area contributed by atoms with Crippen LogP contribution in [-0.4, -0.2) is 12.5 Å². The number of hydrogen-bond acceptors (Lipinski definition) is 1. The summed E-state index contributed by atoms with van der Waals surface area (Å²) in [5, 5.41) is 2.81. The van der Waals surface area contributed by atoms with Crippen LogP contribution in [0.15, 0.2) is 48.5 Å². The number of carbonyl (C=O) groups is 1. The molecule has 0 heterocycles. The standard InChI is InChI=1S/C16H15ClFNO/c17-11-13-4-6-14(7-5-13)16(20)19-9-8-12-2-1-3-15(18)10-12/h1-7,10H,8-9,11H2,(H,19,20). The largest absolute Gasteiger partial charge is 0.352 e. The number of rotatable bonds is 5. The van der Waals surface area contributed by atoms with E-state index in [2.05, 4.69) is 5.32 Å². The normalized spacial score (nSPS) is 10.3. The first kappa shape index (κ1) is 14.5. The van der Waals surface area contributed by atoms with Gasteiger partial charge in [-0.2, -0.15) is 0 Å². The van der Waals surface area contributed by atoms with Gasteiger partial charge in [-0.25, -0.2) is 4.39 Å². The van der Waals surface area contributed by atoms with Crippen LogP contribution in [0.5, 0.6) is 0 Å². The van der Waals surface area contributed by atoms with Crippen LogP contribution in [0.1, 0.15) is 21.5 Å². The van der Waals surface area contributed by atoms with Gasteiger partial charge in [0.2, 0.25) is 0 Å². The highest BCUT2D eigenvalue weighted by Crippen LogP contribution is 2.07. The third kappa shape index (κ3) is 4.07. The lowest BCUT2D eigenvalue weighted by Gasteiger charge is -2.06. The third-order valence-electron chi connectivity index (χ3n) is 2.96. The van der Waals surface area contributed by atoms with Gasteiger partial charge in [0.15, 0.2) is 0 Å². The molecule has 0 fully saturated rings. The maximum Gasteiger partial charge on any atom is 0.251 e. The van der Waals surface area contributed by atoms with Crippen LogP contribution in [0.4, 0.5) is 4.39 Å². The van der Waals surface area contributed by atoms with Gasteiger partial charge < -0.3 is 5.32 Å². The van der Waals surface area contributed by atoms with Gasteiger partial charge >= 0.3 is 0 Å². The van der Waals surface area contributed by atoms with Gasteiger partial charge in [-0.1, -0.05) is 24.3 Å². The maximum atomic E-state index is 13.0. The average Bonchev–Trinajstić information content (AvgIpc) is 2.47. The van der Waals surface area contributed by atoms with Crippen molar-refractivity contribution in [1.29, 1.82) is 0 Å². The first-order valence-electron chi connectivity index (χ1n) is 6.36. The van der Waals surface area contributed by atoms with E-state index in [0.717, 1.165) is 11.1 Å². The van der Waals surface area contributed by atoms with Gasteiger partial charge in [0.05, 0.1) is 0 Å². The van der Waals surface area contributed by atoms with E-state index in [9.17, 15) is 9.18 Å². The Labute approximate surface area is 122 Å². The van der Waals surface area contributed by atoms with E-state index in [1.54, 1.807) is 18.2 Å². The zero-order valence-corrected chi connectivity index (χ0v) is 11.7. The summed E-state index contributed by atoms with van der Waals surface area (Å²) in [6, 6.07) is 13.5. The van der Waals surface area contributed by atoms with Crippen molar-refractivity contribution in [2.45, 2.75) is 12.3 Å². The predicted octanol–water partition coefficient (Wildman–Crippen LogP) is 3.54. The molecule has 0 saturated carbocycles. The molecule has 0 saturated heterocycles. The van der Waals surface area contributed by atoms with Crippen molar-refractivity contribution in [1.82, 2.24) is 5.32 Å². The van der Waals surface area contributed by atoms with Crippen molar-refractivity contribution in [3.05, 3.63) is 71.0 Å². The first-order chi connectivity index (χ1) is 9.69. The topological polar surface area (TPSA) is 29.1 Å². The van der Waals surface area contributed by atoms with Crippen LogP contribution in [-0.2, 0) is 12.3 Å². The van der Waals surface area contributed by atoms with Crippen molar-refractivity contribution < 1.29 is 9.18 Å². The number of benzene rings is 2. The molecule has 4 heteroatoms. The molecule has 2 aromatic rings. The summed E-state index contributed by atoms with van der Waals surface area (Å²) >= 11 is 5.69. The Balaban J connectivity index is 1.85. The minimum Gasteiger partial charge on any atom is -0.352 e. The Morgan fingerprint density at radius 1 is 1.10 bits per heavy atom. The lowest BCUT2D eigenvalue weighted by Crippen LogP contribution is -2.25. The molecule has 0 aliphatic heterocycles. The Kier molecular flexibility index (Phi) is 5.13. The van der Waals surface area contributed by atoms with E-state index >= 15 is 0 Å². The van der Waals surface area contributed by atoms with Crippen molar-refractivity contribution in [3.8, 4) is 0 Å². The number of nitrogens with one attached hydrogen (secondary N) is 1. The van der Waals surface area contributed by atoms with E-state index in [0.29, 0.717) is 24.4 Å². The Hall–Kier alpha value is -1.87. The number of amides is 1. The molecule has 2 nitrogen and oxygen atoms in total. The number of halogens is 2. The SMILES string of the molecule is O=C(NCCc1cccc(F)c1)c1ccc(CCl)cc1. The zero-order chi connectivity index (χ0) is 14.4. The molecular weight excluding hydrogens is 277 g/mol. The minimum absolute atomic E-state index is 0.137. The molecule has 0 aliphatic carbocycles. The summed E-state index contributed by atoms with van der Waals surface area (Å²) < 4.78 is 13.0. The lowest BCUT2D eigenvalue weighted by atomic mass is 10.1. The number of hydrogen-bond donors (Lipinski definition) is 1. The van der Waals surface area contributed by atoms with Gasteiger partial charge in [0.1, 0.15) is 5.82 Å². The molecule has 20 heavy (non-hydrogen) atoms. The van der Waals surface area contributed by atoms with Crippen LogP contribution in [0.25, 0.3) is 0 Å². The van der Waals surface area contributed by atoms with E-state index in [1.807, 2.05) is 18.2 Å². The van der Waals surface area contributed by atoms with Gasteiger partial charge in [-0.05, 0) is 41.8 Å². The van der Waals surface area contributed by atoms with Crippen molar-refractivity contribution >= 4 is 17.5 Å². The van der Waals surface area contributed by atoms with E-state index in [4.69, 9.17) is 11.6 Å². The molecule has 0 aliphatic rings. The minimum atomic E-state index is -0.259. The summed E-state index contributed by atoms with van der Waals surface area (Å²) in [5.41, 5.74) is 2.43. The zero-order valence-electron chi connectivity index (χ0n) is 10.9. The second-order valence-electron chi connectivity index (χ2n) is 4.47. The summed E-state index contributed by atoms with van der Waals surface area (Å²) in [6.45, 7) is 0.472. The first-order valence-corrected chi connectivity index (χ1v) is 6.90. The van der Waals surface area contributed by atoms with Gasteiger partial charge in [0.25, 0.3) is 5.91 Å². The fraction of sp³-hybridized carbons (Fsp3) is 0.188. The average molecular weight is 292 g/mol. The second-order valence-corrected chi connectivity index (χ2v) is 4.73. The Bertz CT molecular complexity index is 583. The second kappa shape index (κ2) is 7.06. The molecule has 0 atom stereocenters. The molecule has 0 unspecified atom stereocenters. The van der Waals surface area contributed by atoms with Gasteiger partial charge in [0, 0.05) is 18.0 Å². The van der Waals surface area contributed by atoms with Crippen LogP contribution in [0.2, 0.25) is 0 Å². The lowest BCUT2D eigenvalue weighted by molar-refractivity contribution is 0.0954. The van der Waals surface area contributed by atoms with Crippen LogP contribution in [0, 0.1) is 5.82 Å². The smallest absolute Gasteiger partial charge is 0.251 e. The fourth-order valence-corrected chi connectivity index (χ4v) is 2.04. The summed E-state index contributed by atoms with van der Waals surface area (Å²) in [6.07, 6.45) is 0.600. The predicted molar refractivity (Wildman–Crippen MR) is 78.4 cm³/mol. The van der Waals surface area contributed by atoms with Gasteiger partial charge in [-0.3, -0.25) is 4.79 Å². The molecule has 0 radical (unpaired) electrons. The Morgan fingerprint density at radius 3 is 2.50 bits per heavy atom. The third-order valence-corrected chi connectivity index (χ3v) is 3.27.